The molecule has 0 atom stereocenters. The third kappa shape index (κ3) is 4.08. The topological polar surface area (TPSA) is 39.9 Å². The van der Waals surface area contributed by atoms with Crippen molar-refractivity contribution >= 4 is 0 Å². The molecule has 0 bridgehead atoms. The average Bonchev–Trinajstić information content (AvgIpc) is 2.77. The van der Waals surface area contributed by atoms with Crippen molar-refractivity contribution in [1.29, 1.82) is 0 Å². The highest BCUT2D eigenvalue weighted by Gasteiger charge is 2.47. The van der Waals surface area contributed by atoms with Crippen molar-refractivity contribution in [2.75, 3.05) is 0 Å². The van der Waals surface area contributed by atoms with E-state index in [1.807, 2.05) is 0 Å². The minimum absolute atomic E-state index is 0.0153. The minimum Gasteiger partial charge on any atom is -0.434 e. The van der Waals surface area contributed by atoms with E-state index in [1.54, 1.807) is 20.2 Å². The molecule has 138 valence electrons. The van der Waals surface area contributed by atoms with Crippen molar-refractivity contribution in [3.8, 4) is 17.0 Å². The zero-order valence-corrected chi connectivity index (χ0v) is 14.2. The number of rotatable bonds is 5. The first kappa shape index (κ1) is 19.1. The van der Waals surface area contributed by atoms with E-state index in [9.17, 15) is 22.0 Å². The van der Waals surface area contributed by atoms with E-state index < -0.39 is 24.6 Å². The van der Waals surface area contributed by atoms with Crippen LogP contribution in [-0.4, -0.2) is 27.6 Å². The molecule has 0 aliphatic rings. The van der Waals surface area contributed by atoms with Crippen LogP contribution in [0.2, 0.25) is 0 Å². The van der Waals surface area contributed by atoms with Crippen molar-refractivity contribution in [3.05, 3.63) is 29.7 Å². The van der Waals surface area contributed by atoms with Crippen LogP contribution in [0.25, 0.3) is 11.3 Å². The van der Waals surface area contributed by atoms with Gasteiger partial charge in [-0.05, 0) is 12.5 Å². The van der Waals surface area contributed by atoms with Crippen LogP contribution in [0.15, 0.2) is 18.5 Å². The van der Waals surface area contributed by atoms with E-state index in [-0.39, 0.29) is 17.0 Å². The maximum atomic E-state index is 13.0. The van der Waals surface area contributed by atoms with Gasteiger partial charge in [0.15, 0.2) is 0 Å². The lowest BCUT2D eigenvalue weighted by Gasteiger charge is -2.27. The maximum absolute atomic E-state index is 13.0. The molecule has 0 radical (unpaired) electrons. The maximum Gasteiger partial charge on any atom is 0.394 e. The highest BCUT2D eigenvalue weighted by molar-refractivity contribution is 5.69. The molecule has 0 N–H and O–H groups in total. The first-order valence-electron chi connectivity index (χ1n) is 7.42. The van der Waals surface area contributed by atoms with Crippen LogP contribution in [0, 0.1) is 12.3 Å². The molecule has 2 rings (SSSR count). The first-order chi connectivity index (χ1) is 11.4. The first-order valence-corrected chi connectivity index (χ1v) is 7.42. The summed E-state index contributed by atoms with van der Waals surface area (Å²) in [5.41, 5.74) is -0.587. The molecule has 0 fully saturated rings. The zero-order valence-electron chi connectivity index (χ0n) is 14.2. The van der Waals surface area contributed by atoms with Crippen molar-refractivity contribution in [1.82, 2.24) is 14.8 Å². The van der Waals surface area contributed by atoms with Crippen LogP contribution in [0.4, 0.5) is 22.0 Å². The summed E-state index contributed by atoms with van der Waals surface area (Å²) in [7, 11) is 1.62. The number of nitrogens with zero attached hydrogens (tertiary/aromatic N) is 3. The zero-order chi connectivity index (χ0) is 19.0. The van der Waals surface area contributed by atoms with Gasteiger partial charge in [0.2, 0.25) is 0 Å². The molecule has 2 aromatic heterocycles. The number of hydrogen-bond acceptors (Lipinski definition) is 3. The Morgan fingerprint density at radius 2 is 1.84 bits per heavy atom. The van der Waals surface area contributed by atoms with E-state index in [4.69, 9.17) is 0 Å². The Labute approximate surface area is 141 Å². The van der Waals surface area contributed by atoms with Gasteiger partial charge < -0.3 is 4.74 Å². The van der Waals surface area contributed by atoms with E-state index in [1.165, 1.54) is 10.9 Å². The van der Waals surface area contributed by atoms with Gasteiger partial charge in [0, 0.05) is 31.4 Å². The smallest absolute Gasteiger partial charge is 0.394 e. The quantitative estimate of drug-likeness (QED) is 0.733. The molecule has 2 aromatic rings. The van der Waals surface area contributed by atoms with Crippen molar-refractivity contribution in [2.45, 2.75) is 40.0 Å². The molecule has 0 unspecified atom stereocenters. The van der Waals surface area contributed by atoms with Crippen molar-refractivity contribution in [3.63, 3.8) is 0 Å². The van der Waals surface area contributed by atoms with Gasteiger partial charge in [0.1, 0.15) is 5.75 Å². The van der Waals surface area contributed by atoms with Crippen molar-refractivity contribution < 1.29 is 26.7 Å². The van der Waals surface area contributed by atoms with Crippen LogP contribution in [0.5, 0.6) is 5.75 Å². The fourth-order valence-electron chi connectivity index (χ4n) is 2.43. The van der Waals surface area contributed by atoms with E-state index in [0.29, 0.717) is 11.3 Å². The Bertz CT molecular complexity index is 733. The lowest BCUT2D eigenvalue weighted by molar-refractivity contribution is -0.211. The number of hydrogen-bond donors (Lipinski definition) is 0. The fraction of sp³-hybridized carbons (Fsp3) is 0.500. The van der Waals surface area contributed by atoms with E-state index in [2.05, 4.69) is 14.8 Å². The van der Waals surface area contributed by atoms with Crippen LogP contribution < -0.4 is 4.74 Å². The van der Waals surface area contributed by atoms with E-state index >= 15 is 0 Å². The Morgan fingerprint density at radius 1 is 1.20 bits per heavy atom. The van der Waals surface area contributed by atoms with Gasteiger partial charge in [-0.25, -0.2) is 0 Å². The average molecular weight is 363 g/mol. The molecule has 0 amide bonds. The molecule has 0 saturated carbocycles. The second-order valence-electron chi connectivity index (χ2n) is 6.41. The van der Waals surface area contributed by atoms with Crippen LogP contribution >= 0.6 is 0 Å². The lowest BCUT2D eigenvalue weighted by atomic mass is 9.86. The number of aromatic nitrogens is 3. The molecular weight excluding hydrogens is 345 g/mol. The minimum atomic E-state index is -4.45. The van der Waals surface area contributed by atoms with Crippen LogP contribution in [-0.2, 0) is 13.5 Å². The summed E-state index contributed by atoms with van der Waals surface area (Å²) >= 11 is 0. The van der Waals surface area contributed by atoms with Gasteiger partial charge in [-0.3, -0.25) is 9.67 Å². The van der Waals surface area contributed by atoms with Crippen molar-refractivity contribution in [2.24, 2.45) is 12.5 Å². The van der Waals surface area contributed by atoms with Gasteiger partial charge in [0.25, 0.3) is 0 Å². The van der Waals surface area contributed by atoms with Crippen LogP contribution in [0.3, 0.4) is 0 Å². The summed E-state index contributed by atoms with van der Waals surface area (Å²) in [6, 6.07) is 1.13. The Kier molecular flexibility index (Phi) is 5.06. The van der Waals surface area contributed by atoms with Gasteiger partial charge in [-0.1, -0.05) is 13.8 Å². The van der Waals surface area contributed by atoms with Gasteiger partial charge in [-0.2, -0.15) is 27.1 Å². The third-order valence-corrected chi connectivity index (χ3v) is 3.91. The predicted molar refractivity (Wildman–Crippen MR) is 81.3 cm³/mol. The predicted octanol–water partition coefficient (Wildman–Crippen LogP) is 4.52. The molecule has 0 aliphatic heterocycles. The van der Waals surface area contributed by atoms with Crippen LogP contribution in [0.1, 0.15) is 25.1 Å². The molecule has 0 aromatic carbocycles. The summed E-state index contributed by atoms with van der Waals surface area (Å²) in [5, 5.41) is 4.02. The Hall–Kier alpha value is -2.19. The van der Waals surface area contributed by atoms with Gasteiger partial charge >= 0.3 is 12.8 Å². The number of pyridine rings is 1. The molecule has 25 heavy (non-hydrogen) atoms. The number of halogens is 5. The highest BCUT2D eigenvalue weighted by Crippen LogP contribution is 2.41. The standard InChI is InChI=1S/C16H18F5N3O/c1-9-7-23-24(4)13(9)11-8-22-10(5-12(11)25-14(17)18)6-15(2,3)16(19,20)21/h5,7-8,14H,6H2,1-4H3. The monoisotopic (exact) mass is 363 g/mol. The summed E-state index contributed by atoms with van der Waals surface area (Å²) in [6.07, 6.45) is -2.12. The third-order valence-electron chi connectivity index (χ3n) is 3.91. The largest absolute Gasteiger partial charge is 0.434 e. The molecular formula is C16H18F5N3O. The highest BCUT2D eigenvalue weighted by atomic mass is 19.4. The van der Waals surface area contributed by atoms with Gasteiger partial charge in [0.05, 0.1) is 22.9 Å². The summed E-state index contributed by atoms with van der Waals surface area (Å²) in [4.78, 5) is 4.02. The Balaban J connectivity index is 2.48. The van der Waals surface area contributed by atoms with E-state index in [0.717, 1.165) is 19.9 Å². The second kappa shape index (κ2) is 6.61. The molecule has 4 nitrogen and oxygen atoms in total. The SMILES string of the molecule is Cc1cnn(C)c1-c1cnc(CC(C)(C)C(F)(F)F)cc1OC(F)F. The fourth-order valence-corrected chi connectivity index (χ4v) is 2.43. The summed E-state index contributed by atoms with van der Waals surface area (Å²) < 4.78 is 70.6. The summed E-state index contributed by atoms with van der Waals surface area (Å²) in [6.45, 7) is 0.677. The number of aryl methyl sites for hydroxylation is 2. The molecule has 2 heterocycles. The molecule has 0 saturated heterocycles. The second-order valence-corrected chi connectivity index (χ2v) is 6.41. The van der Waals surface area contributed by atoms with Gasteiger partial charge in [-0.15, -0.1) is 0 Å². The molecule has 0 spiro atoms. The number of alkyl halides is 5. The Morgan fingerprint density at radius 3 is 2.32 bits per heavy atom. The summed E-state index contributed by atoms with van der Waals surface area (Å²) in [5.74, 6) is -0.232. The number of ether oxygens (including phenoxy) is 1. The lowest BCUT2D eigenvalue weighted by Crippen LogP contribution is -2.34. The normalized spacial score (nSPS) is 12.7. The molecule has 9 heteroatoms. The molecule has 0 aliphatic carbocycles.